The number of rotatable bonds is 4. The molecule has 1 saturated carbocycles. The van der Waals surface area contributed by atoms with Gasteiger partial charge < -0.3 is 20.3 Å². The minimum absolute atomic E-state index is 0.127. The second-order valence-electron chi connectivity index (χ2n) is 8.01. The fraction of sp³-hybridized carbons (Fsp3) is 0.611. The van der Waals surface area contributed by atoms with Crippen LogP contribution >= 0.6 is 0 Å². The van der Waals surface area contributed by atoms with E-state index < -0.39 is 17.2 Å². The SMILES string of the molecule is COc1cc(C2(C(C)(C)N)CC2)cc(NC(=O)OC(C)(C)C)c1O. The molecule has 134 valence electrons. The van der Waals surface area contributed by atoms with Crippen LogP contribution in [0.15, 0.2) is 12.1 Å². The number of nitrogens with one attached hydrogen (secondary N) is 1. The number of aromatic hydroxyl groups is 1. The summed E-state index contributed by atoms with van der Waals surface area (Å²) in [4.78, 5) is 12.0. The Labute approximate surface area is 143 Å². The Morgan fingerprint density at radius 2 is 1.83 bits per heavy atom. The van der Waals surface area contributed by atoms with E-state index in [4.69, 9.17) is 15.2 Å². The smallest absolute Gasteiger partial charge is 0.412 e. The van der Waals surface area contributed by atoms with E-state index in [-0.39, 0.29) is 16.9 Å². The molecule has 1 amide bonds. The van der Waals surface area contributed by atoms with Crippen LogP contribution in [0.25, 0.3) is 0 Å². The molecular weight excluding hydrogens is 308 g/mol. The summed E-state index contributed by atoms with van der Waals surface area (Å²) in [5.74, 6) is 0.173. The highest BCUT2D eigenvalue weighted by molar-refractivity contribution is 5.88. The Morgan fingerprint density at radius 1 is 1.25 bits per heavy atom. The van der Waals surface area contributed by atoms with E-state index in [0.717, 1.165) is 18.4 Å². The summed E-state index contributed by atoms with van der Waals surface area (Å²) >= 11 is 0. The number of benzene rings is 1. The van der Waals surface area contributed by atoms with Crippen molar-refractivity contribution in [1.82, 2.24) is 0 Å². The lowest BCUT2D eigenvalue weighted by Gasteiger charge is -2.32. The highest BCUT2D eigenvalue weighted by Crippen LogP contribution is 2.56. The fourth-order valence-electron chi connectivity index (χ4n) is 2.98. The monoisotopic (exact) mass is 336 g/mol. The topological polar surface area (TPSA) is 93.8 Å². The summed E-state index contributed by atoms with van der Waals surface area (Å²) in [6, 6.07) is 3.54. The van der Waals surface area contributed by atoms with E-state index in [9.17, 15) is 9.90 Å². The quantitative estimate of drug-likeness (QED) is 0.731. The van der Waals surface area contributed by atoms with E-state index in [1.165, 1.54) is 7.11 Å². The maximum Gasteiger partial charge on any atom is 0.412 e. The van der Waals surface area contributed by atoms with Crippen molar-refractivity contribution in [2.24, 2.45) is 5.73 Å². The number of ether oxygens (including phenoxy) is 2. The molecule has 1 aromatic carbocycles. The molecule has 0 heterocycles. The first-order valence-electron chi connectivity index (χ1n) is 8.10. The first kappa shape index (κ1) is 18.4. The molecule has 0 atom stereocenters. The predicted octanol–water partition coefficient (Wildman–Crippen LogP) is 3.52. The van der Waals surface area contributed by atoms with Gasteiger partial charge in [-0.1, -0.05) is 0 Å². The molecule has 0 radical (unpaired) electrons. The summed E-state index contributed by atoms with van der Waals surface area (Å²) in [5.41, 5.74) is 6.33. The van der Waals surface area contributed by atoms with Gasteiger partial charge in [0, 0.05) is 11.0 Å². The van der Waals surface area contributed by atoms with Crippen LogP contribution in [0.3, 0.4) is 0 Å². The summed E-state index contributed by atoms with van der Waals surface area (Å²) < 4.78 is 10.5. The molecule has 0 saturated heterocycles. The standard InChI is InChI=1S/C18H28N2O4/c1-16(2,3)24-15(22)20-12-9-11(10-13(23-6)14(12)21)18(7-8-18)17(4,5)19/h9-10,21H,7-8,19H2,1-6H3,(H,20,22). The molecule has 2 rings (SSSR count). The third kappa shape index (κ3) is 3.59. The lowest BCUT2D eigenvalue weighted by Crippen LogP contribution is -2.45. The molecule has 1 aromatic rings. The maximum atomic E-state index is 12.0. The van der Waals surface area contributed by atoms with Crippen molar-refractivity contribution in [3.8, 4) is 11.5 Å². The second kappa shape index (κ2) is 5.84. The van der Waals surface area contributed by atoms with Gasteiger partial charge in [-0.2, -0.15) is 0 Å². The largest absolute Gasteiger partial charge is 0.503 e. The number of amides is 1. The lowest BCUT2D eigenvalue weighted by molar-refractivity contribution is 0.0635. The third-order valence-electron chi connectivity index (χ3n) is 4.47. The van der Waals surface area contributed by atoms with Crippen molar-refractivity contribution >= 4 is 11.8 Å². The van der Waals surface area contributed by atoms with Crippen molar-refractivity contribution in [2.75, 3.05) is 12.4 Å². The maximum absolute atomic E-state index is 12.0. The summed E-state index contributed by atoms with van der Waals surface area (Å²) in [6.45, 7) is 9.30. The summed E-state index contributed by atoms with van der Waals surface area (Å²) in [7, 11) is 1.48. The van der Waals surface area contributed by atoms with Crippen molar-refractivity contribution in [3.05, 3.63) is 17.7 Å². The lowest BCUT2D eigenvalue weighted by atomic mass is 9.79. The molecular formula is C18H28N2O4. The molecule has 0 unspecified atom stereocenters. The van der Waals surface area contributed by atoms with E-state index in [1.54, 1.807) is 32.9 Å². The Bertz CT molecular complexity index is 638. The molecule has 24 heavy (non-hydrogen) atoms. The number of carbonyl (C=O) groups is 1. The molecule has 4 N–H and O–H groups in total. The first-order valence-corrected chi connectivity index (χ1v) is 8.10. The zero-order valence-electron chi connectivity index (χ0n) is 15.3. The van der Waals surface area contributed by atoms with Gasteiger partial charge in [-0.15, -0.1) is 0 Å². The van der Waals surface area contributed by atoms with Crippen LogP contribution in [-0.2, 0) is 10.2 Å². The Balaban J connectivity index is 2.39. The zero-order valence-corrected chi connectivity index (χ0v) is 15.3. The number of hydrogen-bond acceptors (Lipinski definition) is 5. The Hall–Kier alpha value is -1.95. The van der Waals surface area contributed by atoms with Crippen LogP contribution < -0.4 is 15.8 Å². The number of carbonyl (C=O) groups excluding carboxylic acids is 1. The molecule has 6 nitrogen and oxygen atoms in total. The molecule has 1 aliphatic carbocycles. The minimum atomic E-state index is -0.631. The molecule has 0 bridgehead atoms. The molecule has 6 heteroatoms. The number of hydrogen-bond donors (Lipinski definition) is 3. The van der Waals surface area contributed by atoms with Gasteiger partial charge in [0.05, 0.1) is 12.8 Å². The second-order valence-corrected chi connectivity index (χ2v) is 8.01. The molecule has 0 aromatic heterocycles. The number of phenols is 1. The van der Waals surface area contributed by atoms with Crippen LogP contribution in [0.2, 0.25) is 0 Å². The van der Waals surface area contributed by atoms with E-state index in [1.807, 2.05) is 13.8 Å². The van der Waals surface area contributed by atoms with Gasteiger partial charge in [0.2, 0.25) is 0 Å². The fourth-order valence-corrected chi connectivity index (χ4v) is 2.98. The highest BCUT2D eigenvalue weighted by atomic mass is 16.6. The van der Waals surface area contributed by atoms with Crippen LogP contribution in [-0.4, -0.2) is 29.4 Å². The Morgan fingerprint density at radius 3 is 2.25 bits per heavy atom. The van der Waals surface area contributed by atoms with Crippen molar-refractivity contribution in [2.45, 2.75) is 64.0 Å². The molecule has 0 aliphatic heterocycles. The normalized spacial score (nSPS) is 16.5. The van der Waals surface area contributed by atoms with E-state index in [2.05, 4.69) is 5.32 Å². The van der Waals surface area contributed by atoms with E-state index in [0.29, 0.717) is 5.75 Å². The minimum Gasteiger partial charge on any atom is -0.503 e. The van der Waals surface area contributed by atoms with Gasteiger partial charge in [-0.3, -0.25) is 5.32 Å². The van der Waals surface area contributed by atoms with Crippen LogP contribution in [0, 0.1) is 0 Å². The zero-order chi connectivity index (χ0) is 18.3. The van der Waals surface area contributed by atoms with Crippen molar-refractivity contribution in [1.29, 1.82) is 0 Å². The summed E-state index contributed by atoms with van der Waals surface area (Å²) in [6.07, 6.45) is 1.28. The van der Waals surface area contributed by atoms with Crippen molar-refractivity contribution < 1.29 is 19.4 Å². The average molecular weight is 336 g/mol. The number of phenolic OH excluding ortho intramolecular Hbond substituents is 1. The Kier molecular flexibility index (Phi) is 4.48. The van der Waals surface area contributed by atoms with Gasteiger partial charge >= 0.3 is 6.09 Å². The van der Waals surface area contributed by atoms with Crippen molar-refractivity contribution in [3.63, 3.8) is 0 Å². The van der Waals surface area contributed by atoms with E-state index >= 15 is 0 Å². The average Bonchev–Trinajstić information content (AvgIpc) is 3.19. The molecule has 0 spiro atoms. The number of methoxy groups -OCH3 is 1. The van der Waals surface area contributed by atoms with Gasteiger partial charge in [0.1, 0.15) is 5.60 Å². The first-order chi connectivity index (χ1) is 10.9. The predicted molar refractivity (Wildman–Crippen MR) is 93.7 cm³/mol. The number of anilines is 1. The van der Waals surface area contributed by atoms with Gasteiger partial charge in [0.15, 0.2) is 11.5 Å². The van der Waals surface area contributed by atoms with Gasteiger partial charge in [0.25, 0.3) is 0 Å². The van der Waals surface area contributed by atoms with Gasteiger partial charge in [-0.05, 0) is 65.2 Å². The van der Waals surface area contributed by atoms with Crippen LogP contribution in [0.1, 0.15) is 53.0 Å². The van der Waals surface area contributed by atoms with Crippen LogP contribution in [0.5, 0.6) is 11.5 Å². The number of nitrogens with two attached hydrogens (primary N) is 1. The summed E-state index contributed by atoms with van der Waals surface area (Å²) in [5, 5.41) is 12.9. The molecule has 1 aliphatic rings. The third-order valence-corrected chi connectivity index (χ3v) is 4.47. The molecule has 1 fully saturated rings. The van der Waals surface area contributed by atoms with Crippen LogP contribution in [0.4, 0.5) is 10.5 Å². The van der Waals surface area contributed by atoms with Gasteiger partial charge in [-0.25, -0.2) is 4.79 Å². The highest BCUT2D eigenvalue weighted by Gasteiger charge is 2.54.